The van der Waals surface area contributed by atoms with E-state index in [0.717, 1.165) is 12.3 Å². The first kappa shape index (κ1) is 14.2. The molecule has 1 fully saturated rings. The van der Waals surface area contributed by atoms with Crippen LogP contribution in [0.2, 0.25) is 0 Å². The quantitative estimate of drug-likeness (QED) is 0.851. The third kappa shape index (κ3) is 2.56. The van der Waals surface area contributed by atoms with Crippen LogP contribution in [0.4, 0.5) is 10.2 Å². The Kier molecular flexibility index (Phi) is 4.16. The summed E-state index contributed by atoms with van der Waals surface area (Å²) in [5.41, 5.74) is 0.139. The van der Waals surface area contributed by atoms with Crippen molar-refractivity contribution in [3.8, 4) is 0 Å². The number of rotatable bonds is 3. The molecular weight excluding hydrogens is 263 g/mol. The van der Waals surface area contributed by atoms with Gasteiger partial charge in [0.1, 0.15) is 17.7 Å². The van der Waals surface area contributed by atoms with E-state index in [1.807, 2.05) is 6.92 Å². The van der Waals surface area contributed by atoms with Gasteiger partial charge >= 0.3 is 0 Å². The molecule has 2 N–H and O–H groups in total. The first-order chi connectivity index (χ1) is 9.58. The van der Waals surface area contributed by atoms with E-state index in [4.69, 9.17) is 0 Å². The Bertz CT molecular complexity index is 535. The highest BCUT2D eigenvalue weighted by Crippen LogP contribution is 2.19. The highest BCUT2D eigenvalue weighted by atomic mass is 19.1. The number of piperazine rings is 1. The molecule has 0 saturated carbocycles. The van der Waals surface area contributed by atoms with Gasteiger partial charge in [-0.25, -0.2) is 9.37 Å². The topological polar surface area (TPSA) is 74.3 Å². The number of aromatic nitrogens is 1. The van der Waals surface area contributed by atoms with Crippen molar-refractivity contribution in [2.45, 2.75) is 19.4 Å². The van der Waals surface area contributed by atoms with Crippen LogP contribution in [0, 0.1) is 5.82 Å². The zero-order chi connectivity index (χ0) is 14.7. The van der Waals surface area contributed by atoms with Gasteiger partial charge in [-0.2, -0.15) is 0 Å². The Morgan fingerprint density at radius 2 is 2.40 bits per heavy atom. The Morgan fingerprint density at radius 1 is 1.65 bits per heavy atom. The molecule has 0 aliphatic carbocycles. The third-order valence-electron chi connectivity index (χ3n) is 3.30. The van der Waals surface area contributed by atoms with Crippen molar-refractivity contribution < 1.29 is 14.0 Å². The van der Waals surface area contributed by atoms with Gasteiger partial charge in [0.25, 0.3) is 5.91 Å². The minimum absolute atomic E-state index is 0.139. The summed E-state index contributed by atoms with van der Waals surface area (Å²) >= 11 is 0. The molecule has 1 saturated heterocycles. The van der Waals surface area contributed by atoms with E-state index in [0.29, 0.717) is 25.3 Å². The van der Waals surface area contributed by atoms with Crippen molar-refractivity contribution in [2.75, 3.05) is 25.5 Å². The highest BCUT2D eigenvalue weighted by Gasteiger charge is 2.33. The number of carbonyl (C=O) groups excluding carboxylic acids is 2. The molecule has 0 spiro atoms. The number of amides is 2. The molecule has 2 heterocycles. The maximum atomic E-state index is 13.3. The van der Waals surface area contributed by atoms with Crippen molar-refractivity contribution in [3.63, 3.8) is 0 Å². The van der Waals surface area contributed by atoms with Crippen LogP contribution in [0.1, 0.15) is 23.7 Å². The molecule has 1 aromatic heterocycles. The SMILES string of the molecule is CCC1C(=O)NCCN1C(=O)c1cc(F)cnc1NC. The van der Waals surface area contributed by atoms with Crippen molar-refractivity contribution in [1.82, 2.24) is 15.2 Å². The van der Waals surface area contributed by atoms with Gasteiger partial charge in [-0.3, -0.25) is 9.59 Å². The molecule has 108 valence electrons. The van der Waals surface area contributed by atoms with Crippen LogP contribution in [-0.4, -0.2) is 47.9 Å². The maximum Gasteiger partial charge on any atom is 0.258 e. The average Bonchev–Trinajstić information content (AvgIpc) is 2.46. The van der Waals surface area contributed by atoms with Gasteiger partial charge in [-0.05, 0) is 12.5 Å². The molecule has 2 amide bonds. The minimum Gasteiger partial charge on any atom is -0.372 e. The molecule has 6 nitrogen and oxygen atoms in total. The van der Waals surface area contributed by atoms with Gasteiger partial charge in [0.05, 0.1) is 11.8 Å². The van der Waals surface area contributed by atoms with Crippen LogP contribution in [0.3, 0.4) is 0 Å². The van der Waals surface area contributed by atoms with E-state index >= 15 is 0 Å². The van der Waals surface area contributed by atoms with E-state index in [9.17, 15) is 14.0 Å². The lowest BCUT2D eigenvalue weighted by Crippen LogP contribution is -2.57. The third-order valence-corrected chi connectivity index (χ3v) is 3.30. The van der Waals surface area contributed by atoms with Crippen LogP contribution >= 0.6 is 0 Å². The number of anilines is 1. The fourth-order valence-electron chi connectivity index (χ4n) is 2.32. The Hall–Kier alpha value is -2.18. The van der Waals surface area contributed by atoms with E-state index < -0.39 is 11.9 Å². The predicted molar refractivity (Wildman–Crippen MR) is 71.9 cm³/mol. The molecule has 0 radical (unpaired) electrons. The fraction of sp³-hybridized carbons (Fsp3) is 0.462. The predicted octanol–water partition coefficient (Wildman–Crippen LogP) is 0.613. The summed E-state index contributed by atoms with van der Waals surface area (Å²) in [4.78, 5) is 29.6. The molecule has 7 heteroatoms. The number of halogens is 1. The molecule has 1 aliphatic rings. The normalized spacial score (nSPS) is 18.6. The van der Waals surface area contributed by atoms with Crippen LogP contribution < -0.4 is 10.6 Å². The number of nitrogens with one attached hydrogen (secondary N) is 2. The van der Waals surface area contributed by atoms with E-state index in [2.05, 4.69) is 15.6 Å². The lowest BCUT2D eigenvalue weighted by Gasteiger charge is -2.34. The van der Waals surface area contributed by atoms with E-state index in [1.54, 1.807) is 7.05 Å². The second kappa shape index (κ2) is 5.85. The van der Waals surface area contributed by atoms with Crippen molar-refractivity contribution in [1.29, 1.82) is 0 Å². The van der Waals surface area contributed by atoms with Gasteiger partial charge < -0.3 is 15.5 Å². The second-order valence-corrected chi connectivity index (χ2v) is 4.51. The summed E-state index contributed by atoms with van der Waals surface area (Å²) in [5, 5.41) is 5.48. The maximum absolute atomic E-state index is 13.3. The number of hydrogen-bond donors (Lipinski definition) is 2. The van der Waals surface area contributed by atoms with E-state index in [1.165, 1.54) is 4.90 Å². The van der Waals surface area contributed by atoms with Crippen LogP contribution in [0.15, 0.2) is 12.3 Å². The van der Waals surface area contributed by atoms with Crippen molar-refractivity contribution >= 4 is 17.6 Å². The summed E-state index contributed by atoms with van der Waals surface area (Å²) in [6, 6.07) is 0.615. The zero-order valence-corrected chi connectivity index (χ0v) is 11.4. The first-order valence-electron chi connectivity index (χ1n) is 6.50. The lowest BCUT2D eigenvalue weighted by molar-refractivity contribution is -0.127. The average molecular weight is 280 g/mol. The van der Waals surface area contributed by atoms with Crippen molar-refractivity contribution in [2.24, 2.45) is 0 Å². The first-order valence-corrected chi connectivity index (χ1v) is 6.50. The van der Waals surface area contributed by atoms with Gasteiger partial charge in [0.15, 0.2) is 0 Å². The summed E-state index contributed by atoms with van der Waals surface area (Å²) in [6.45, 7) is 2.64. The van der Waals surface area contributed by atoms with E-state index in [-0.39, 0.29) is 17.4 Å². The molecule has 0 bridgehead atoms. The Labute approximate surface area is 116 Å². The fourth-order valence-corrected chi connectivity index (χ4v) is 2.32. The number of pyridine rings is 1. The summed E-state index contributed by atoms with van der Waals surface area (Å²) in [6.07, 6.45) is 1.55. The molecule has 0 aromatic carbocycles. The standard InChI is InChI=1S/C13H17FN4O2/c1-3-10-12(19)16-4-5-18(10)13(20)9-6-8(14)7-17-11(9)15-2/h6-7,10H,3-5H2,1-2H3,(H,15,17)(H,16,19). The van der Waals surface area contributed by atoms with Crippen molar-refractivity contribution in [3.05, 3.63) is 23.6 Å². The van der Waals surface area contributed by atoms with Gasteiger partial charge in [0, 0.05) is 20.1 Å². The molecule has 2 rings (SSSR count). The molecule has 1 aliphatic heterocycles. The van der Waals surface area contributed by atoms with Crippen LogP contribution in [0.25, 0.3) is 0 Å². The summed E-state index contributed by atoms with van der Waals surface area (Å²) in [7, 11) is 1.61. The molecule has 20 heavy (non-hydrogen) atoms. The molecule has 1 atom stereocenters. The molecule has 1 unspecified atom stereocenters. The highest BCUT2D eigenvalue weighted by molar-refractivity contribution is 6.01. The lowest BCUT2D eigenvalue weighted by atomic mass is 10.1. The van der Waals surface area contributed by atoms with Crippen LogP contribution in [-0.2, 0) is 4.79 Å². The Balaban J connectivity index is 2.34. The smallest absolute Gasteiger partial charge is 0.258 e. The van der Waals surface area contributed by atoms with Gasteiger partial charge in [-0.15, -0.1) is 0 Å². The molecular formula is C13H17FN4O2. The zero-order valence-electron chi connectivity index (χ0n) is 11.4. The molecule has 1 aromatic rings. The number of carbonyl (C=O) groups is 2. The number of nitrogens with zero attached hydrogens (tertiary/aromatic N) is 2. The monoisotopic (exact) mass is 280 g/mol. The Morgan fingerprint density at radius 3 is 3.05 bits per heavy atom. The minimum atomic E-state index is -0.582. The second-order valence-electron chi connectivity index (χ2n) is 4.51. The number of hydrogen-bond acceptors (Lipinski definition) is 4. The summed E-state index contributed by atoms with van der Waals surface area (Å²) < 4.78 is 13.3. The largest absolute Gasteiger partial charge is 0.372 e. The van der Waals surface area contributed by atoms with Gasteiger partial charge in [-0.1, -0.05) is 6.92 Å². The summed E-state index contributed by atoms with van der Waals surface area (Å²) in [5.74, 6) is -0.843. The van der Waals surface area contributed by atoms with Gasteiger partial charge in [0.2, 0.25) is 5.91 Å². The van der Waals surface area contributed by atoms with Crippen LogP contribution in [0.5, 0.6) is 0 Å².